The fourth-order valence-corrected chi connectivity index (χ4v) is 2.45. The van der Waals surface area contributed by atoms with E-state index >= 15 is 0 Å². The molecular formula is C12H18N2O5S. The predicted octanol–water partition coefficient (Wildman–Crippen LogP) is 1.84. The molecule has 1 aromatic rings. The lowest BCUT2D eigenvalue weighted by Gasteiger charge is -2.15. The molecular weight excluding hydrogens is 284 g/mol. The molecule has 0 heterocycles. The highest BCUT2D eigenvalue weighted by molar-refractivity contribution is 7.90. The molecule has 0 aliphatic heterocycles. The highest BCUT2D eigenvalue weighted by atomic mass is 32.2. The third-order valence-corrected chi connectivity index (χ3v) is 3.69. The van der Waals surface area contributed by atoms with E-state index in [1.807, 2.05) is 6.92 Å². The number of methoxy groups -OCH3 is 1. The van der Waals surface area contributed by atoms with E-state index in [2.05, 4.69) is 5.32 Å². The van der Waals surface area contributed by atoms with E-state index in [0.717, 1.165) is 0 Å². The lowest BCUT2D eigenvalue weighted by atomic mass is 10.2. The van der Waals surface area contributed by atoms with E-state index in [0.29, 0.717) is 12.1 Å². The van der Waals surface area contributed by atoms with Crippen LogP contribution in [0.4, 0.5) is 11.4 Å². The SMILES string of the molecule is COc1cc(NC(C)CCS(C)(=O)=O)ccc1[N+](=O)[O-]. The molecule has 7 nitrogen and oxygen atoms in total. The summed E-state index contributed by atoms with van der Waals surface area (Å²) in [6.45, 7) is 1.85. The van der Waals surface area contributed by atoms with Crippen molar-refractivity contribution in [2.24, 2.45) is 0 Å². The van der Waals surface area contributed by atoms with Crippen LogP contribution in [0, 0.1) is 10.1 Å². The molecule has 0 saturated heterocycles. The summed E-state index contributed by atoms with van der Waals surface area (Å²) in [7, 11) is -1.64. The third kappa shape index (κ3) is 5.04. The highest BCUT2D eigenvalue weighted by Crippen LogP contribution is 2.29. The van der Waals surface area contributed by atoms with Crippen LogP contribution in [0.15, 0.2) is 18.2 Å². The fraction of sp³-hybridized carbons (Fsp3) is 0.500. The van der Waals surface area contributed by atoms with Gasteiger partial charge in [0.05, 0.1) is 17.8 Å². The lowest BCUT2D eigenvalue weighted by molar-refractivity contribution is -0.385. The Morgan fingerprint density at radius 1 is 1.45 bits per heavy atom. The molecule has 0 aliphatic rings. The van der Waals surface area contributed by atoms with Crippen LogP contribution < -0.4 is 10.1 Å². The van der Waals surface area contributed by atoms with Gasteiger partial charge in [0.2, 0.25) is 0 Å². The van der Waals surface area contributed by atoms with Gasteiger partial charge in [-0.05, 0) is 19.4 Å². The number of hydrogen-bond acceptors (Lipinski definition) is 6. The van der Waals surface area contributed by atoms with Crippen molar-refractivity contribution in [2.75, 3.05) is 24.4 Å². The van der Waals surface area contributed by atoms with Gasteiger partial charge < -0.3 is 10.1 Å². The van der Waals surface area contributed by atoms with Crippen LogP contribution in [0.2, 0.25) is 0 Å². The quantitative estimate of drug-likeness (QED) is 0.609. The van der Waals surface area contributed by atoms with E-state index in [1.165, 1.54) is 25.5 Å². The first-order chi connectivity index (χ1) is 9.23. The molecule has 1 atom stereocenters. The number of sulfone groups is 1. The molecule has 20 heavy (non-hydrogen) atoms. The van der Waals surface area contributed by atoms with Crippen LogP contribution in [0.25, 0.3) is 0 Å². The zero-order chi connectivity index (χ0) is 15.3. The largest absolute Gasteiger partial charge is 0.490 e. The Balaban J connectivity index is 2.76. The molecule has 0 fully saturated rings. The van der Waals surface area contributed by atoms with Crippen LogP contribution in [0.5, 0.6) is 5.75 Å². The number of anilines is 1. The van der Waals surface area contributed by atoms with Crippen molar-refractivity contribution in [1.82, 2.24) is 0 Å². The number of nitrogens with zero attached hydrogens (tertiary/aromatic N) is 1. The minimum absolute atomic E-state index is 0.0733. The standard InChI is InChI=1S/C12H18N2O5S/c1-9(6-7-20(3,17)18)13-10-4-5-11(14(15)16)12(8-10)19-2/h4-5,8-9,13H,6-7H2,1-3H3. The fourth-order valence-electron chi connectivity index (χ4n) is 1.67. The summed E-state index contributed by atoms with van der Waals surface area (Å²) >= 11 is 0. The Morgan fingerprint density at radius 2 is 2.10 bits per heavy atom. The summed E-state index contributed by atoms with van der Waals surface area (Å²) < 4.78 is 27.1. The average Bonchev–Trinajstić information content (AvgIpc) is 2.35. The Hall–Kier alpha value is -1.83. The van der Waals surface area contributed by atoms with E-state index in [9.17, 15) is 18.5 Å². The zero-order valence-corrected chi connectivity index (χ0v) is 12.4. The van der Waals surface area contributed by atoms with Gasteiger partial charge in [0.15, 0.2) is 5.75 Å². The Bertz CT molecular complexity index is 586. The Labute approximate surface area is 118 Å². The average molecular weight is 302 g/mol. The molecule has 112 valence electrons. The van der Waals surface area contributed by atoms with Crippen molar-refractivity contribution in [1.29, 1.82) is 0 Å². The second-order valence-corrected chi connectivity index (χ2v) is 6.87. The van der Waals surface area contributed by atoms with Gasteiger partial charge >= 0.3 is 5.69 Å². The van der Waals surface area contributed by atoms with Gasteiger partial charge in [-0.15, -0.1) is 0 Å². The summed E-state index contributed by atoms with van der Waals surface area (Å²) in [6, 6.07) is 4.37. The van der Waals surface area contributed by atoms with Crippen molar-refractivity contribution in [3.05, 3.63) is 28.3 Å². The molecule has 0 radical (unpaired) electrons. The number of nitrogens with one attached hydrogen (secondary N) is 1. The number of nitro benzene ring substituents is 1. The maximum Gasteiger partial charge on any atom is 0.311 e. The minimum atomic E-state index is -3.00. The topological polar surface area (TPSA) is 98.5 Å². The number of rotatable bonds is 7. The van der Waals surface area contributed by atoms with Gasteiger partial charge in [-0.3, -0.25) is 10.1 Å². The van der Waals surface area contributed by atoms with Crippen LogP contribution >= 0.6 is 0 Å². The van der Waals surface area contributed by atoms with Crippen LogP contribution in [0.1, 0.15) is 13.3 Å². The van der Waals surface area contributed by atoms with Gasteiger partial charge in [0, 0.05) is 30.1 Å². The molecule has 0 aliphatic carbocycles. The Morgan fingerprint density at radius 3 is 2.60 bits per heavy atom. The molecule has 1 unspecified atom stereocenters. The summed E-state index contributed by atoms with van der Waals surface area (Å²) in [6.07, 6.45) is 1.65. The van der Waals surface area contributed by atoms with Crippen molar-refractivity contribution >= 4 is 21.2 Å². The number of benzene rings is 1. The molecule has 0 spiro atoms. The second-order valence-electron chi connectivity index (χ2n) is 4.61. The van der Waals surface area contributed by atoms with Crippen LogP contribution in [-0.2, 0) is 9.84 Å². The molecule has 0 saturated carbocycles. The van der Waals surface area contributed by atoms with Crippen LogP contribution in [0.3, 0.4) is 0 Å². The first-order valence-corrected chi connectivity index (χ1v) is 8.05. The van der Waals surface area contributed by atoms with Crippen molar-refractivity contribution in [2.45, 2.75) is 19.4 Å². The van der Waals surface area contributed by atoms with Gasteiger partial charge in [0.25, 0.3) is 0 Å². The number of hydrogen-bond donors (Lipinski definition) is 1. The summed E-state index contributed by atoms with van der Waals surface area (Å²) in [5.74, 6) is 0.251. The summed E-state index contributed by atoms with van der Waals surface area (Å²) in [5.41, 5.74) is 0.537. The van der Waals surface area contributed by atoms with Gasteiger partial charge in [-0.2, -0.15) is 0 Å². The van der Waals surface area contributed by atoms with Crippen molar-refractivity contribution in [3.63, 3.8) is 0 Å². The van der Waals surface area contributed by atoms with Gasteiger partial charge in [0.1, 0.15) is 9.84 Å². The Kier molecular flexibility index (Phi) is 5.32. The normalized spacial score (nSPS) is 12.8. The van der Waals surface area contributed by atoms with Crippen LogP contribution in [-0.4, -0.2) is 38.5 Å². The summed E-state index contributed by atoms with van der Waals surface area (Å²) in [4.78, 5) is 10.2. The first kappa shape index (κ1) is 16.2. The second kappa shape index (κ2) is 6.56. The van der Waals surface area contributed by atoms with Gasteiger partial charge in [-0.1, -0.05) is 0 Å². The van der Waals surface area contributed by atoms with E-state index in [1.54, 1.807) is 6.07 Å². The van der Waals surface area contributed by atoms with Crippen molar-refractivity contribution in [3.8, 4) is 5.75 Å². The zero-order valence-electron chi connectivity index (χ0n) is 11.6. The van der Waals surface area contributed by atoms with Gasteiger partial charge in [-0.25, -0.2) is 8.42 Å². The predicted molar refractivity (Wildman–Crippen MR) is 77.1 cm³/mol. The maximum atomic E-state index is 11.1. The third-order valence-electron chi connectivity index (χ3n) is 2.71. The molecule has 0 aromatic heterocycles. The molecule has 8 heteroatoms. The molecule has 0 bridgehead atoms. The molecule has 1 N–H and O–H groups in total. The van der Waals surface area contributed by atoms with Crippen molar-refractivity contribution < 1.29 is 18.1 Å². The maximum absolute atomic E-state index is 11.1. The molecule has 1 aromatic carbocycles. The summed E-state index contributed by atoms with van der Waals surface area (Å²) in [5, 5.41) is 13.9. The monoisotopic (exact) mass is 302 g/mol. The number of nitro groups is 1. The molecule has 1 rings (SSSR count). The molecule has 0 amide bonds. The highest BCUT2D eigenvalue weighted by Gasteiger charge is 2.15. The smallest absolute Gasteiger partial charge is 0.311 e. The lowest BCUT2D eigenvalue weighted by Crippen LogP contribution is -2.19. The first-order valence-electron chi connectivity index (χ1n) is 5.99. The van der Waals surface area contributed by atoms with E-state index < -0.39 is 14.8 Å². The number of ether oxygens (including phenoxy) is 1. The van der Waals surface area contributed by atoms with E-state index in [-0.39, 0.29) is 23.2 Å². The van der Waals surface area contributed by atoms with E-state index in [4.69, 9.17) is 4.74 Å². The minimum Gasteiger partial charge on any atom is -0.490 e.